The second kappa shape index (κ2) is 13.0. The number of ether oxygens (including phenoxy) is 2. The summed E-state index contributed by atoms with van der Waals surface area (Å²) in [6, 6.07) is 4.46. The number of nitrogens with zero attached hydrogens (tertiary/aromatic N) is 3. The zero-order chi connectivity index (χ0) is 29.6. The van der Waals surface area contributed by atoms with Gasteiger partial charge >= 0.3 is 12.1 Å². The number of thioether (sulfide) groups is 1. The fourth-order valence-corrected chi connectivity index (χ4v) is 5.23. The summed E-state index contributed by atoms with van der Waals surface area (Å²) in [4.78, 5) is 37.3. The first-order chi connectivity index (χ1) is 18.8. The molecule has 40 heavy (non-hydrogen) atoms. The van der Waals surface area contributed by atoms with Crippen LogP contribution in [0.15, 0.2) is 42.1 Å². The molecule has 0 aliphatic heterocycles. The zero-order valence-electron chi connectivity index (χ0n) is 21.7. The number of hydrogen-bond donors (Lipinski definition) is 2. The Kier molecular flexibility index (Phi) is 9.98. The number of benzene rings is 1. The molecule has 0 bridgehead atoms. The van der Waals surface area contributed by atoms with E-state index in [0.717, 1.165) is 35.2 Å². The number of carbonyl (C=O) groups is 3. The van der Waals surface area contributed by atoms with Crippen LogP contribution in [0.4, 0.5) is 18.2 Å². The summed E-state index contributed by atoms with van der Waals surface area (Å²) in [6.07, 6.45) is -3.37. The molecule has 214 valence electrons. The highest BCUT2D eigenvalue weighted by molar-refractivity contribution is 7.99. The highest BCUT2D eigenvalue weighted by atomic mass is 32.2. The van der Waals surface area contributed by atoms with Gasteiger partial charge in [0.2, 0.25) is 5.91 Å². The maximum Gasteiger partial charge on any atom is 0.416 e. The molecule has 0 atom stereocenters. The fourth-order valence-electron chi connectivity index (χ4n) is 3.40. The molecule has 15 heteroatoms. The van der Waals surface area contributed by atoms with Gasteiger partial charge in [0.25, 0.3) is 5.91 Å². The second-order valence-electron chi connectivity index (χ2n) is 8.53. The van der Waals surface area contributed by atoms with Crippen LogP contribution in [-0.4, -0.2) is 44.4 Å². The van der Waals surface area contributed by atoms with E-state index < -0.39 is 35.6 Å². The lowest BCUT2D eigenvalue weighted by molar-refractivity contribution is -0.137. The van der Waals surface area contributed by atoms with Crippen molar-refractivity contribution in [3.05, 3.63) is 64.3 Å². The maximum absolute atomic E-state index is 13.0. The molecule has 0 aliphatic rings. The number of nitrogens with one attached hydrogen (secondary N) is 1. The van der Waals surface area contributed by atoms with Gasteiger partial charge in [-0.1, -0.05) is 23.9 Å². The van der Waals surface area contributed by atoms with Gasteiger partial charge in [-0.2, -0.15) is 13.2 Å². The highest BCUT2D eigenvalue weighted by Crippen LogP contribution is 2.34. The van der Waals surface area contributed by atoms with Crippen molar-refractivity contribution in [2.75, 3.05) is 11.1 Å². The monoisotopic (exact) mass is 597 g/mol. The summed E-state index contributed by atoms with van der Waals surface area (Å²) in [7, 11) is 0. The van der Waals surface area contributed by atoms with Crippen molar-refractivity contribution < 1.29 is 37.0 Å². The highest BCUT2D eigenvalue weighted by Gasteiger charge is 2.31. The molecule has 3 rings (SSSR count). The number of amides is 2. The Bertz CT molecular complexity index is 1420. The summed E-state index contributed by atoms with van der Waals surface area (Å²) in [5.74, 6) is -1.78. The number of primary amides is 1. The smallest absolute Gasteiger partial charge is 0.416 e. The fraction of sp³-hybridized carbons (Fsp3) is 0.320. The van der Waals surface area contributed by atoms with Crippen LogP contribution in [0.2, 0.25) is 0 Å². The lowest BCUT2D eigenvalue weighted by Crippen LogP contribution is -2.18. The second-order valence-corrected chi connectivity index (χ2v) is 10.5. The van der Waals surface area contributed by atoms with Crippen LogP contribution in [-0.2, 0) is 28.9 Å². The van der Waals surface area contributed by atoms with Gasteiger partial charge in [0, 0.05) is 6.54 Å². The Hall–Kier alpha value is -3.85. The lowest BCUT2D eigenvalue weighted by Gasteiger charge is -2.11. The van der Waals surface area contributed by atoms with Gasteiger partial charge in [-0.15, -0.1) is 28.1 Å². The number of aromatic nitrogens is 3. The van der Waals surface area contributed by atoms with E-state index in [2.05, 4.69) is 22.1 Å². The van der Waals surface area contributed by atoms with E-state index in [1.165, 1.54) is 12.1 Å². The van der Waals surface area contributed by atoms with Gasteiger partial charge in [0.15, 0.2) is 11.0 Å². The predicted octanol–water partition coefficient (Wildman–Crippen LogP) is 4.83. The van der Waals surface area contributed by atoms with Gasteiger partial charge in [0.1, 0.15) is 17.4 Å². The minimum Gasteiger partial charge on any atom is -0.486 e. The lowest BCUT2D eigenvalue weighted by atomic mass is 10.1. The molecule has 3 N–H and O–H groups in total. The third-order valence-corrected chi connectivity index (χ3v) is 7.33. The van der Waals surface area contributed by atoms with Gasteiger partial charge in [-0.25, -0.2) is 4.79 Å². The number of carbonyl (C=O) groups excluding carboxylic acids is 3. The predicted molar refractivity (Wildman–Crippen MR) is 143 cm³/mol. The van der Waals surface area contributed by atoms with E-state index in [4.69, 9.17) is 15.2 Å². The van der Waals surface area contributed by atoms with Crippen LogP contribution in [0.5, 0.6) is 5.75 Å². The number of thiophene rings is 1. The Morgan fingerprint density at radius 2 is 2.00 bits per heavy atom. The summed E-state index contributed by atoms with van der Waals surface area (Å²) in [5.41, 5.74) is 4.93. The molecule has 3 aromatic rings. The summed E-state index contributed by atoms with van der Waals surface area (Å²) < 4.78 is 51.3. The summed E-state index contributed by atoms with van der Waals surface area (Å²) >= 11 is 1.90. The Morgan fingerprint density at radius 3 is 2.62 bits per heavy atom. The summed E-state index contributed by atoms with van der Waals surface area (Å²) in [6.45, 7) is 8.63. The van der Waals surface area contributed by atoms with Crippen LogP contribution < -0.4 is 15.8 Å². The number of hydrogen-bond acceptors (Lipinski definition) is 9. The molecular formula is C25H26F3N5O5S2. The van der Waals surface area contributed by atoms with E-state index in [-0.39, 0.29) is 40.1 Å². The van der Waals surface area contributed by atoms with E-state index in [9.17, 15) is 27.6 Å². The van der Waals surface area contributed by atoms with Gasteiger partial charge in [-0.05, 0) is 44.5 Å². The molecule has 0 saturated carbocycles. The molecule has 0 aliphatic carbocycles. The quantitative estimate of drug-likeness (QED) is 0.172. The van der Waals surface area contributed by atoms with Crippen LogP contribution >= 0.6 is 23.1 Å². The third-order valence-electron chi connectivity index (χ3n) is 5.14. The normalized spacial score (nSPS) is 11.4. The standard InChI is InChI=1S/C25H26F3N5O5S2/c1-5-9-33-17(11-37-16-8-6-7-15(10-16)25(26,27)28)31-32-24(33)39-12-18(34)30-22-19(23(36)38-13(2)3)14(4)20(40-22)21(29)35/h5-8,10,13H,1,9,11-12H2,2-4H3,(H2,29,35)(H,30,34). The van der Waals surface area contributed by atoms with Crippen molar-refractivity contribution in [1.29, 1.82) is 0 Å². The van der Waals surface area contributed by atoms with Crippen molar-refractivity contribution in [2.24, 2.45) is 5.73 Å². The Balaban J connectivity index is 1.72. The Labute approximate surface area is 235 Å². The van der Waals surface area contributed by atoms with E-state index in [1.807, 2.05) is 0 Å². The number of rotatable bonds is 12. The molecule has 0 saturated heterocycles. The molecule has 2 heterocycles. The first-order valence-corrected chi connectivity index (χ1v) is 13.5. The number of halogens is 3. The minimum atomic E-state index is -4.51. The molecule has 2 amide bonds. The number of esters is 1. The van der Waals surface area contributed by atoms with Crippen molar-refractivity contribution in [3.63, 3.8) is 0 Å². The number of nitrogens with two attached hydrogens (primary N) is 1. The molecule has 0 spiro atoms. The average Bonchev–Trinajstić information content (AvgIpc) is 3.40. The van der Waals surface area contributed by atoms with Crippen molar-refractivity contribution >= 4 is 45.9 Å². The Morgan fingerprint density at radius 1 is 1.27 bits per heavy atom. The molecule has 2 aromatic heterocycles. The number of allylic oxidation sites excluding steroid dienone is 1. The largest absolute Gasteiger partial charge is 0.486 e. The molecule has 10 nitrogen and oxygen atoms in total. The molecular weight excluding hydrogens is 571 g/mol. The first-order valence-electron chi connectivity index (χ1n) is 11.7. The minimum absolute atomic E-state index is 0.00456. The summed E-state index contributed by atoms with van der Waals surface area (Å²) in [5, 5.41) is 11.2. The van der Waals surface area contributed by atoms with Gasteiger partial charge in [0.05, 0.1) is 27.9 Å². The van der Waals surface area contributed by atoms with Crippen LogP contribution in [0.1, 0.15) is 50.8 Å². The maximum atomic E-state index is 13.0. The van der Waals surface area contributed by atoms with E-state index in [0.29, 0.717) is 16.5 Å². The van der Waals surface area contributed by atoms with Gasteiger partial charge < -0.3 is 20.5 Å². The van der Waals surface area contributed by atoms with Crippen molar-refractivity contribution in [2.45, 2.75) is 51.4 Å². The molecule has 0 radical (unpaired) electrons. The van der Waals surface area contributed by atoms with Crippen LogP contribution in [0, 0.1) is 6.92 Å². The SMILES string of the molecule is C=CCn1c(COc2cccc(C(F)(F)F)c2)nnc1SCC(=O)Nc1sc(C(N)=O)c(C)c1C(=O)OC(C)C. The number of alkyl halides is 3. The van der Waals surface area contributed by atoms with Crippen molar-refractivity contribution in [1.82, 2.24) is 14.8 Å². The first kappa shape index (κ1) is 30.7. The average molecular weight is 598 g/mol. The zero-order valence-corrected chi connectivity index (χ0v) is 23.3. The molecule has 0 unspecified atom stereocenters. The topological polar surface area (TPSA) is 138 Å². The number of anilines is 1. The van der Waals surface area contributed by atoms with Gasteiger partial charge in [-0.3, -0.25) is 14.2 Å². The molecule has 1 aromatic carbocycles. The van der Waals surface area contributed by atoms with E-state index >= 15 is 0 Å². The van der Waals surface area contributed by atoms with Crippen LogP contribution in [0.25, 0.3) is 0 Å². The third kappa shape index (κ3) is 7.63. The molecule has 0 fully saturated rings. The van der Waals surface area contributed by atoms with E-state index in [1.54, 1.807) is 31.4 Å². The van der Waals surface area contributed by atoms with Crippen LogP contribution in [0.3, 0.4) is 0 Å². The van der Waals surface area contributed by atoms with Crippen molar-refractivity contribution in [3.8, 4) is 5.75 Å².